The Kier molecular flexibility index (Phi) is 3.28. The zero-order valence-electron chi connectivity index (χ0n) is 12.0. The summed E-state index contributed by atoms with van der Waals surface area (Å²) in [6.45, 7) is 0.654. The molecule has 1 aliphatic rings. The van der Waals surface area contributed by atoms with Crippen LogP contribution in [0.4, 0.5) is 0 Å². The monoisotopic (exact) mass is 297 g/mol. The molecule has 0 radical (unpaired) electrons. The van der Waals surface area contributed by atoms with Gasteiger partial charge < -0.3 is 5.73 Å². The summed E-state index contributed by atoms with van der Waals surface area (Å²) in [5.41, 5.74) is 12.4. The first-order valence-corrected chi connectivity index (χ1v) is 8.51. The molecule has 108 valence electrons. The van der Waals surface area contributed by atoms with E-state index in [0.717, 1.165) is 17.1 Å². The highest BCUT2D eigenvalue weighted by Gasteiger charge is 2.16. The Bertz CT molecular complexity index is 785. The van der Waals surface area contributed by atoms with E-state index < -0.39 is 0 Å². The van der Waals surface area contributed by atoms with Crippen LogP contribution in [-0.4, -0.2) is 15.9 Å². The lowest BCUT2D eigenvalue weighted by molar-refractivity contribution is 0.686. The lowest BCUT2D eigenvalue weighted by Gasteiger charge is -2.16. The summed E-state index contributed by atoms with van der Waals surface area (Å²) in [7, 11) is 0. The lowest BCUT2D eigenvalue weighted by atomic mass is 9.89. The average molecular weight is 297 g/mol. The second kappa shape index (κ2) is 5.28. The molecule has 0 fully saturated rings. The molecule has 4 rings (SSSR count). The van der Waals surface area contributed by atoms with E-state index in [9.17, 15) is 0 Å². The Morgan fingerprint density at radius 1 is 1.19 bits per heavy atom. The minimum Gasteiger partial charge on any atom is -0.330 e. The summed E-state index contributed by atoms with van der Waals surface area (Å²) < 4.78 is 2.19. The molecule has 0 atom stereocenters. The molecule has 0 saturated heterocycles. The van der Waals surface area contributed by atoms with Crippen molar-refractivity contribution in [1.29, 1.82) is 0 Å². The van der Waals surface area contributed by atoms with E-state index in [0.29, 0.717) is 6.54 Å². The van der Waals surface area contributed by atoms with Crippen LogP contribution in [-0.2, 0) is 19.3 Å². The van der Waals surface area contributed by atoms with Gasteiger partial charge >= 0.3 is 0 Å². The number of hydrogen-bond acceptors (Lipinski definition) is 3. The van der Waals surface area contributed by atoms with Gasteiger partial charge in [0.2, 0.25) is 0 Å². The minimum absolute atomic E-state index is 0.654. The number of rotatable bonds is 3. The molecule has 1 aromatic carbocycles. The van der Waals surface area contributed by atoms with Crippen LogP contribution in [0.5, 0.6) is 0 Å². The first kappa shape index (κ1) is 13.0. The predicted octanol–water partition coefficient (Wildman–Crippen LogP) is 3.44. The van der Waals surface area contributed by atoms with Crippen molar-refractivity contribution < 1.29 is 0 Å². The zero-order valence-corrected chi connectivity index (χ0v) is 12.8. The van der Waals surface area contributed by atoms with Crippen LogP contribution in [0.1, 0.15) is 29.7 Å². The second-order valence-corrected chi connectivity index (χ2v) is 6.56. The topological polar surface area (TPSA) is 43.3 Å². The van der Waals surface area contributed by atoms with E-state index in [1.54, 1.807) is 11.3 Å². The van der Waals surface area contributed by atoms with Crippen molar-refractivity contribution >= 4 is 16.3 Å². The molecule has 0 amide bonds. The molecular weight excluding hydrogens is 278 g/mol. The first-order chi connectivity index (χ1) is 10.4. The minimum atomic E-state index is 0.654. The van der Waals surface area contributed by atoms with E-state index in [2.05, 4.69) is 34.2 Å². The number of nitrogens with two attached hydrogens (primary N) is 1. The summed E-state index contributed by atoms with van der Waals surface area (Å²) >= 11 is 1.68. The van der Waals surface area contributed by atoms with Gasteiger partial charge in [0.15, 0.2) is 4.96 Å². The van der Waals surface area contributed by atoms with Gasteiger partial charge in [-0.2, -0.15) is 0 Å². The van der Waals surface area contributed by atoms with Crippen molar-refractivity contribution in [3.8, 4) is 11.3 Å². The van der Waals surface area contributed by atoms with Crippen LogP contribution in [0.15, 0.2) is 29.8 Å². The SMILES string of the molecule is NCCc1c(-c2ccc3c(c2)CCCC3)nc2sccn12. The van der Waals surface area contributed by atoms with Gasteiger partial charge in [-0.3, -0.25) is 4.40 Å². The van der Waals surface area contributed by atoms with Crippen LogP contribution in [0.2, 0.25) is 0 Å². The van der Waals surface area contributed by atoms with Gasteiger partial charge in [-0.25, -0.2) is 4.98 Å². The van der Waals surface area contributed by atoms with Crippen LogP contribution in [0.25, 0.3) is 16.2 Å². The summed E-state index contributed by atoms with van der Waals surface area (Å²) in [6.07, 6.45) is 8.03. The third kappa shape index (κ3) is 2.19. The Labute approximate surface area is 128 Å². The van der Waals surface area contributed by atoms with Gasteiger partial charge in [0.1, 0.15) is 0 Å². The highest BCUT2D eigenvalue weighted by atomic mass is 32.1. The molecule has 0 bridgehead atoms. The van der Waals surface area contributed by atoms with Crippen LogP contribution in [0, 0.1) is 0 Å². The first-order valence-electron chi connectivity index (χ1n) is 7.63. The molecule has 0 aliphatic heterocycles. The van der Waals surface area contributed by atoms with Gasteiger partial charge in [0.25, 0.3) is 0 Å². The number of imidazole rings is 1. The van der Waals surface area contributed by atoms with E-state index in [-0.39, 0.29) is 0 Å². The number of benzene rings is 1. The summed E-state index contributed by atoms with van der Waals surface area (Å²) in [5.74, 6) is 0. The number of thiazole rings is 1. The van der Waals surface area contributed by atoms with Crippen LogP contribution < -0.4 is 5.73 Å². The zero-order chi connectivity index (χ0) is 14.2. The summed E-state index contributed by atoms with van der Waals surface area (Å²) in [4.78, 5) is 5.90. The Morgan fingerprint density at radius 3 is 2.90 bits per heavy atom. The number of nitrogens with zero attached hydrogens (tertiary/aromatic N) is 2. The quantitative estimate of drug-likeness (QED) is 0.804. The largest absolute Gasteiger partial charge is 0.330 e. The fourth-order valence-electron chi connectivity index (χ4n) is 3.32. The van der Waals surface area contributed by atoms with Crippen molar-refractivity contribution in [2.24, 2.45) is 5.73 Å². The maximum Gasteiger partial charge on any atom is 0.194 e. The van der Waals surface area contributed by atoms with Gasteiger partial charge in [0.05, 0.1) is 11.4 Å². The molecule has 0 unspecified atom stereocenters. The molecule has 3 aromatic rings. The molecular formula is C17H19N3S. The molecule has 2 N–H and O–H groups in total. The fraction of sp³-hybridized carbons (Fsp3) is 0.353. The number of aromatic nitrogens is 2. The summed E-state index contributed by atoms with van der Waals surface area (Å²) in [6, 6.07) is 6.88. The highest BCUT2D eigenvalue weighted by Crippen LogP contribution is 2.30. The third-order valence-electron chi connectivity index (χ3n) is 4.36. The van der Waals surface area contributed by atoms with E-state index in [4.69, 9.17) is 10.7 Å². The van der Waals surface area contributed by atoms with Crippen molar-refractivity contribution in [2.45, 2.75) is 32.1 Å². The summed E-state index contributed by atoms with van der Waals surface area (Å²) in [5, 5.41) is 2.08. The molecule has 21 heavy (non-hydrogen) atoms. The molecule has 2 aromatic heterocycles. The van der Waals surface area contributed by atoms with Crippen molar-refractivity contribution in [3.05, 3.63) is 46.6 Å². The normalized spacial score (nSPS) is 14.5. The van der Waals surface area contributed by atoms with Crippen LogP contribution in [0.3, 0.4) is 0 Å². The molecule has 4 heteroatoms. The Morgan fingerprint density at radius 2 is 2.05 bits per heavy atom. The number of aryl methyl sites for hydroxylation is 2. The van der Waals surface area contributed by atoms with Crippen LogP contribution >= 0.6 is 11.3 Å². The Hall–Kier alpha value is -1.65. The third-order valence-corrected chi connectivity index (χ3v) is 5.12. The standard InChI is InChI=1S/C17H19N3S/c18-8-7-15-16(19-17-20(15)9-10-21-17)14-6-5-12-3-1-2-4-13(12)11-14/h5-6,9-11H,1-4,7-8,18H2. The average Bonchev–Trinajstić information content (AvgIpc) is 3.10. The molecule has 2 heterocycles. The lowest BCUT2D eigenvalue weighted by Crippen LogP contribution is -2.06. The number of fused-ring (bicyclic) bond motifs is 2. The van der Waals surface area contributed by atoms with Crippen molar-refractivity contribution in [3.63, 3.8) is 0 Å². The maximum absolute atomic E-state index is 5.80. The molecule has 0 saturated carbocycles. The van der Waals surface area contributed by atoms with Gasteiger partial charge in [-0.05, 0) is 49.4 Å². The van der Waals surface area contributed by atoms with E-state index >= 15 is 0 Å². The van der Waals surface area contributed by atoms with E-state index in [1.165, 1.54) is 48.1 Å². The predicted molar refractivity (Wildman–Crippen MR) is 87.9 cm³/mol. The second-order valence-electron chi connectivity index (χ2n) is 5.69. The number of hydrogen-bond donors (Lipinski definition) is 1. The maximum atomic E-state index is 5.80. The van der Waals surface area contributed by atoms with Gasteiger partial charge in [0, 0.05) is 23.6 Å². The molecule has 3 nitrogen and oxygen atoms in total. The molecule has 0 spiro atoms. The van der Waals surface area contributed by atoms with Gasteiger partial charge in [-0.1, -0.05) is 12.1 Å². The smallest absolute Gasteiger partial charge is 0.194 e. The Balaban J connectivity index is 1.85. The van der Waals surface area contributed by atoms with Crippen molar-refractivity contribution in [1.82, 2.24) is 9.38 Å². The van der Waals surface area contributed by atoms with Gasteiger partial charge in [-0.15, -0.1) is 11.3 Å². The van der Waals surface area contributed by atoms with E-state index in [1.807, 2.05) is 0 Å². The highest BCUT2D eigenvalue weighted by molar-refractivity contribution is 7.15. The van der Waals surface area contributed by atoms with Crippen molar-refractivity contribution in [2.75, 3.05) is 6.54 Å². The fourth-order valence-corrected chi connectivity index (χ4v) is 4.05. The molecule has 1 aliphatic carbocycles.